The van der Waals surface area contributed by atoms with E-state index in [1.807, 2.05) is 6.07 Å². The minimum absolute atomic E-state index is 0.136. The first-order valence-corrected chi connectivity index (χ1v) is 7.86. The van der Waals surface area contributed by atoms with Gasteiger partial charge in [0.2, 0.25) is 5.91 Å². The standard InChI is InChI=1S/C19H22N2O3/c1-13(2)12-24-18-7-5-4-6-17(18)19(23)21-16-10-8-15(9-11-16)20-14(3)22/h4-11,13H,12H2,1-3H3,(H,20,22)(H,21,23). The lowest BCUT2D eigenvalue weighted by atomic mass is 10.1. The van der Waals surface area contributed by atoms with Gasteiger partial charge in [-0.1, -0.05) is 26.0 Å². The quantitative estimate of drug-likeness (QED) is 0.845. The monoisotopic (exact) mass is 326 g/mol. The smallest absolute Gasteiger partial charge is 0.259 e. The minimum Gasteiger partial charge on any atom is -0.492 e. The van der Waals surface area contributed by atoms with Crippen molar-refractivity contribution in [3.05, 3.63) is 54.1 Å². The van der Waals surface area contributed by atoms with Gasteiger partial charge in [-0.3, -0.25) is 9.59 Å². The van der Waals surface area contributed by atoms with Gasteiger partial charge in [0.1, 0.15) is 5.75 Å². The maximum absolute atomic E-state index is 12.5. The first-order valence-electron chi connectivity index (χ1n) is 7.86. The molecule has 0 aliphatic carbocycles. The summed E-state index contributed by atoms with van der Waals surface area (Å²) >= 11 is 0. The maximum Gasteiger partial charge on any atom is 0.259 e. The fourth-order valence-electron chi connectivity index (χ4n) is 2.08. The molecule has 0 saturated carbocycles. The van der Waals surface area contributed by atoms with Crippen molar-refractivity contribution in [3.8, 4) is 5.75 Å². The van der Waals surface area contributed by atoms with Gasteiger partial charge >= 0.3 is 0 Å². The number of ether oxygens (including phenoxy) is 1. The molecule has 0 heterocycles. The van der Waals surface area contributed by atoms with Gasteiger partial charge in [-0.05, 0) is 42.3 Å². The van der Waals surface area contributed by atoms with Crippen LogP contribution in [0.3, 0.4) is 0 Å². The summed E-state index contributed by atoms with van der Waals surface area (Å²) in [6, 6.07) is 14.1. The van der Waals surface area contributed by atoms with Gasteiger partial charge in [0, 0.05) is 18.3 Å². The molecular weight excluding hydrogens is 304 g/mol. The minimum atomic E-state index is -0.235. The molecule has 0 aromatic heterocycles. The molecule has 0 unspecified atom stereocenters. The van der Waals surface area contributed by atoms with E-state index in [1.54, 1.807) is 42.5 Å². The number of hydrogen-bond donors (Lipinski definition) is 2. The Labute approximate surface area is 142 Å². The van der Waals surface area contributed by atoms with E-state index in [1.165, 1.54) is 6.92 Å². The van der Waals surface area contributed by atoms with Crippen LogP contribution in [0.15, 0.2) is 48.5 Å². The van der Waals surface area contributed by atoms with Crippen molar-refractivity contribution < 1.29 is 14.3 Å². The normalized spacial score (nSPS) is 10.3. The van der Waals surface area contributed by atoms with Gasteiger partial charge in [0.25, 0.3) is 5.91 Å². The van der Waals surface area contributed by atoms with Crippen molar-refractivity contribution in [2.45, 2.75) is 20.8 Å². The summed E-state index contributed by atoms with van der Waals surface area (Å²) in [5, 5.41) is 5.52. The van der Waals surface area contributed by atoms with Crippen LogP contribution >= 0.6 is 0 Å². The van der Waals surface area contributed by atoms with Crippen molar-refractivity contribution in [2.24, 2.45) is 5.92 Å². The van der Waals surface area contributed by atoms with Crippen LogP contribution in [0.5, 0.6) is 5.75 Å². The van der Waals surface area contributed by atoms with Crippen LogP contribution in [0, 0.1) is 5.92 Å². The van der Waals surface area contributed by atoms with Crippen molar-refractivity contribution in [2.75, 3.05) is 17.2 Å². The Morgan fingerprint density at radius 1 is 0.958 bits per heavy atom. The summed E-state index contributed by atoms with van der Waals surface area (Å²) in [5.74, 6) is 0.575. The lowest BCUT2D eigenvalue weighted by molar-refractivity contribution is -0.114. The Bertz CT molecular complexity index is 709. The highest BCUT2D eigenvalue weighted by Gasteiger charge is 2.12. The number of anilines is 2. The topological polar surface area (TPSA) is 67.4 Å². The summed E-state index contributed by atoms with van der Waals surface area (Å²) < 4.78 is 5.71. The molecule has 2 aromatic rings. The first kappa shape index (κ1) is 17.5. The lowest BCUT2D eigenvalue weighted by Crippen LogP contribution is -2.15. The van der Waals surface area contributed by atoms with E-state index in [2.05, 4.69) is 24.5 Å². The number of para-hydroxylation sites is 1. The molecule has 0 aliphatic heterocycles. The number of amides is 2. The number of carbonyl (C=O) groups is 2. The molecule has 24 heavy (non-hydrogen) atoms. The van der Waals surface area contributed by atoms with Gasteiger partial charge in [0.15, 0.2) is 0 Å². The molecule has 0 fully saturated rings. The Balaban J connectivity index is 2.08. The van der Waals surface area contributed by atoms with Gasteiger partial charge in [0.05, 0.1) is 12.2 Å². The number of carbonyl (C=O) groups excluding carboxylic acids is 2. The number of benzene rings is 2. The van der Waals surface area contributed by atoms with Gasteiger partial charge < -0.3 is 15.4 Å². The van der Waals surface area contributed by atoms with Crippen molar-refractivity contribution >= 4 is 23.2 Å². The van der Waals surface area contributed by atoms with Crippen LogP contribution in [-0.2, 0) is 4.79 Å². The summed E-state index contributed by atoms with van der Waals surface area (Å²) in [7, 11) is 0. The van der Waals surface area contributed by atoms with Crippen molar-refractivity contribution in [1.82, 2.24) is 0 Å². The zero-order valence-corrected chi connectivity index (χ0v) is 14.1. The van der Waals surface area contributed by atoms with E-state index < -0.39 is 0 Å². The van der Waals surface area contributed by atoms with Crippen molar-refractivity contribution in [1.29, 1.82) is 0 Å². The van der Waals surface area contributed by atoms with Gasteiger partial charge in [-0.25, -0.2) is 0 Å². The second-order valence-corrected chi connectivity index (χ2v) is 5.91. The zero-order valence-electron chi connectivity index (χ0n) is 14.1. The summed E-state index contributed by atoms with van der Waals surface area (Å²) in [5.41, 5.74) is 1.82. The number of rotatable bonds is 6. The Hall–Kier alpha value is -2.82. The predicted molar refractivity (Wildman–Crippen MR) is 95.5 cm³/mol. The van der Waals surface area contributed by atoms with E-state index in [0.29, 0.717) is 35.2 Å². The molecule has 0 radical (unpaired) electrons. The largest absolute Gasteiger partial charge is 0.492 e. The lowest BCUT2D eigenvalue weighted by Gasteiger charge is -2.13. The number of hydrogen-bond acceptors (Lipinski definition) is 3. The SMILES string of the molecule is CC(=O)Nc1ccc(NC(=O)c2ccccc2OCC(C)C)cc1. The third kappa shape index (κ3) is 5.12. The highest BCUT2D eigenvalue weighted by molar-refractivity contribution is 6.06. The van der Waals surface area contributed by atoms with E-state index >= 15 is 0 Å². The summed E-state index contributed by atoms with van der Waals surface area (Å²) in [4.78, 5) is 23.5. The molecule has 5 nitrogen and oxygen atoms in total. The van der Waals surface area contributed by atoms with E-state index in [4.69, 9.17) is 4.74 Å². The fraction of sp³-hybridized carbons (Fsp3) is 0.263. The molecule has 0 saturated heterocycles. The molecule has 2 aromatic carbocycles. The summed E-state index contributed by atoms with van der Waals surface area (Å²) in [6.45, 7) is 6.11. The van der Waals surface area contributed by atoms with Crippen LogP contribution < -0.4 is 15.4 Å². The number of nitrogens with one attached hydrogen (secondary N) is 2. The molecule has 2 rings (SSSR count). The molecule has 126 valence electrons. The van der Waals surface area contributed by atoms with E-state index in [0.717, 1.165) is 0 Å². The Morgan fingerprint density at radius 2 is 1.54 bits per heavy atom. The molecule has 0 atom stereocenters. The Morgan fingerprint density at radius 3 is 2.12 bits per heavy atom. The second-order valence-electron chi connectivity index (χ2n) is 5.91. The van der Waals surface area contributed by atoms with E-state index in [-0.39, 0.29) is 11.8 Å². The van der Waals surface area contributed by atoms with Gasteiger partial charge in [-0.15, -0.1) is 0 Å². The second kappa shape index (κ2) is 8.15. The highest BCUT2D eigenvalue weighted by atomic mass is 16.5. The predicted octanol–water partition coefficient (Wildman–Crippen LogP) is 3.93. The van der Waals surface area contributed by atoms with Crippen LogP contribution in [0.2, 0.25) is 0 Å². The fourth-order valence-corrected chi connectivity index (χ4v) is 2.08. The third-order valence-electron chi connectivity index (χ3n) is 3.17. The average molecular weight is 326 g/mol. The molecule has 0 spiro atoms. The molecular formula is C19H22N2O3. The molecule has 0 bridgehead atoms. The van der Waals surface area contributed by atoms with Crippen LogP contribution in [0.1, 0.15) is 31.1 Å². The zero-order chi connectivity index (χ0) is 17.5. The van der Waals surface area contributed by atoms with Crippen LogP contribution in [0.4, 0.5) is 11.4 Å². The molecule has 0 aliphatic rings. The summed E-state index contributed by atoms with van der Waals surface area (Å²) in [6.07, 6.45) is 0. The molecule has 5 heteroatoms. The van der Waals surface area contributed by atoms with Crippen LogP contribution in [-0.4, -0.2) is 18.4 Å². The van der Waals surface area contributed by atoms with Gasteiger partial charge in [-0.2, -0.15) is 0 Å². The maximum atomic E-state index is 12.5. The third-order valence-corrected chi connectivity index (χ3v) is 3.17. The highest BCUT2D eigenvalue weighted by Crippen LogP contribution is 2.21. The average Bonchev–Trinajstić information content (AvgIpc) is 2.54. The van der Waals surface area contributed by atoms with Crippen molar-refractivity contribution in [3.63, 3.8) is 0 Å². The molecule has 2 amide bonds. The van der Waals surface area contributed by atoms with Crippen LogP contribution in [0.25, 0.3) is 0 Å². The first-order chi connectivity index (χ1) is 11.5. The van der Waals surface area contributed by atoms with E-state index in [9.17, 15) is 9.59 Å². The molecule has 2 N–H and O–H groups in total. The Kier molecular flexibility index (Phi) is 5.95.